The summed E-state index contributed by atoms with van der Waals surface area (Å²) in [6.45, 7) is 2.98. The van der Waals surface area contributed by atoms with Crippen molar-refractivity contribution < 1.29 is 14.3 Å². The molecule has 1 aromatic carbocycles. The second-order valence-corrected chi connectivity index (χ2v) is 6.73. The van der Waals surface area contributed by atoms with Gasteiger partial charge in [-0.1, -0.05) is 19.1 Å². The van der Waals surface area contributed by atoms with Crippen LogP contribution >= 0.6 is 0 Å². The van der Waals surface area contributed by atoms with Gasteiger partial charge in [0.25, 0.3) is 0 Å². The Kier molecular flexibility index (Phi) is 5.07. The predicted molar refractivity (Wildman–Crippen MR) is 92.9 cm³/mol. The molecule has 1 saturated heterocycles. The van der Waals surface area contributed by atoms with Crippen molar-refractivity contribution in [2.24, 2.45) is 11.8 Å². The number of carbonyl (C=O) groups excluding carboxylic acids is 2. The van der Waals surface area contributed by atoms with Gasteiger partial charge in [0.2, 0.25) is 11.8 Å². The molecule has 3 rings (SSSR count). The minimum atomic E-state index is -0.207. The van der Waals surface area contributed by atoms with E-state index in [2.05, 4.69) is 12.2 Å². The number of methoxy groups -OCH3 is 1. The fourth-order valence-corrected chi connectivity index (χ4v) is 3.66. The Morgan fingerprint density at radius 2 is 2.04 bits per heavy atom. The zero-order valence-corrected chi connectivity index (χ0v) is 14.5. The monoisotopic (exact) mass is 330 g/mol. The van der Waals surface area contributed by atoms with Gasteiger partial charge in [0, 0.05) is 12.6 Å². The molecule has 2 aliphatic rings. The Balaban J connectivity index is 1.60. The van der Waals surface area contributed by atoms with E-state index < -0.39 is 0 Å². The van der Waals surface area contributed by atoms with Crippen LogP contribution in [0.3, 0.4) is 0 Å². The summed E-state index contributed by atoms with van der Waals surface area (Å²) in [6, 6.07) is 7.69. The number of piperidine rings is 1. The van der Waals surface area contributed by atoms with Gasteiger partial charge in [-0.25, -0.2) is 0 Å². The maximum absolute atomic E-state index is 12.7. The molecule has 2 amide bonds. The molecular formula is C19H26N2O3. The summed E-state index contributed by atoms with van der Waals surface area (Å²) in [5.41, 5.74) is 0.660. The number of likely N-dealkylation sites (tertiary alicyclic amines) is 1. The van der Waals surface area contributed by atoms with Crippen molar-refractivity contribution in [3.8, 4) is 5.75 Å². The molecule has 1 heterocycles. The Bertz CT molecular complexity index is 616. The molecule has 1 aliphatic heterocycles. The predicted octanol–water partition coefficient (Wildman–Crippen LogP) is 3.06. The van der Waals surface area contributed by atoms with E-state index in [0.29, 0.717) is 23.9 Å². The molecule has 0 spiro atoms. The highest BCUT2D eigenvalue weighted by atomic mass is 16.5. The van der Waals surface area contributed by atoms with Crippen LogP contribution in [0.25, 0.3) is 0 Å². The largest absolute Gasteiger partial charge is 0.495 e. The molecule has 2 fully saturated rings. The quantitative estimate of drug-likeness (QED) is 0.903. The summed E-state index contributed by atoms with van der Waals surface area (Å²) in [5, 5.41) is 2.90. The number of para-hydroxylation sites is 2. The van der Waals surface area contributed by atoms with Crippen molar-refractivity contribution in [1.29, 1.82) is 0 Å². The van der Waals surface area contributed by atoms with Crippen LogP contribution in [0.1, 0.15) is 39.0 Å². The van der Waals surface area contributed by atoms with E-state index in [1.54, 1.807) is 7.11 Å². The van der Waals surface area contributed by atoms with Crippen molar-refractivity contribution in [2.75, 3.05) is 19.0 Å². The van der Waals surface area contributed by atoms with Crippen LogP contribution in [-0.4, -0.2) is 36.4 Å². The topological polar surface area (TPSA) is 58.6 Å². The molecular weight excluding hydrogens is 304 g/mol. The lowest BCUT2D eigenvalue weighted by atomic mass is 9.99. The van der Waals surface area contributed by atoms with E-state index in [-0.39, 0.29) is 23.7 Å². The van der Waals surface area contributed by atoms with Gasteiger partial charge in [0.1, 0.15) is 5.75 Å². The van der Waals surface area contributed by atoms with Crippen LogP contribution in [0.4, 0.5) is 5.69 Å². The van der Waals surface area contributed by atoms with Crippen molar-refractivity contribution in [2.45, 2.75) is 45.1 Å². The molecule has 1 aliphatic carbocycles. The maximum Gasteiger partial charge on any atom is 0.228 e. The summed E-state index contributed by atoms with van der Waals surface area (Å²) in [6.07, 6.45) is 5.02. The molecule has 3 atom stereocenters. The number of hydrogen-bond donors (Lipinski definition) is 1. The Hall–Kier alpha value is -2.04. The van der Waals surface area contributed by atoms with Gasteiger partial charge in [-0.2, -0.15) is 0 Å². The highest BCUT2D eigenvalue weighted by Crippen LogP contribution is 2.42. The maximum atomic E-state index is 12.7. The minimum absolute atomic E-state index is 0.0806. The second-order valence-electron chi connectivity index (χ2n) is 6.73. The van der Waals surface area contributed by atoms with Crippen LogP contribution in [-0.2, 0) is 9.59 Å². The minimum Gasteiger partial charge on any atom is -0.495 e. The van der Waals surface area contributed by atoms with E-state index in [9.17, 15) is 9.59 Å². The zero-order chi connectivity index (χ0) is 17.1. The molecule has 24 heavy (non-hydrogen) atoms. The molecule has 5 heteroatoms. The first kappa shape index (κ1) is 16.8. The lowest BCUT2D eigenvalue weighted by Crippen LogP contribution is -2.44. The van der Waals surface area contributed by atoms with Crippen molar-refractivity contribution >= 4 is 17.5 Å². The van der Waals surface area contributed by atoms with Crippen LogP contribution in [0, 0.1) is 11.8 Å². The summed E-state index contributed by atoms with van der Waals surface area (Å²) in [4.78, 5) is 27.2. The molecule has 0 bridgehead atoms. The van der Waals surface area contributed by atoms with Crippen LogP contribution in [0.5, 0.6) is 5.75 Å². The average molecular weight is 330 g/mol. The van der Waals surface area contributed by atoms with E-state index in [1.807, 2.05) is 29.2 Å². The zero-order valence-electron chi connectivity index (χ0n) is 14.5. The molecule has 0 aromatic heterocycles. The number of amides is 2. The molecule has 1 N–H and O–H groups in total. The van der Waals surface area contributed by atoms with Gasteiger partial charge in [0.15, 0.2) is 0 Å². The smallest absolute Gasteiger partial charge is 0.228 e. The first-order chi connectivity index (χ1) is 11.7. The number of hydrogen-bond acceptors (Lipinski definition) is 3. The number of benzene rings is 1. The number of nitrogens with one attached hydrogen (secondary N) is 1. The van der Waals surface area contributed by atoms with Gasteiger partial charge in [-0.3, -0.25) is 9.59 Å². The normalized spacial score (nSPS) is 25.9. The Labute approximate surface area is 143 Å². The number of rotatable bonds is 5. The van der Waals surface area contributed by atoms with Gasteiger partial charge >= 0.3 is 0 Å². The number of nitrogens with zero attached hydrogens (tertiary/aromatic N) is 1. The Morgan fingerprint density at radius 3 is 2.79 bits per heavy atom. The van der Waals surface area contributed by atoms with E-state index >= 15 is 0 Å². The summed E-state index contributed by atoms with van der Waals surface area (Å²) < 4.78 is 5.25. The third kappa shape index (κ3) is 3.40. The fraction of sp³-hybridized carbons (Fsp3) is 0.579. The van der Waals surface area contributed by atoms with Gasteiger partial charge in [0.05, 0.1) is 24.6 Å². The first-order valence-electron chi connectivity index (χ1n) is 8.90. The van der Waals surface area contributed by atoms with E-state index in [0.717, 1.165) is 25.8 Å². The summed E-state index contributed by atoms with van der Waals surface area (Å²) >= 11 is 0. The third-order valence-corrected chi connectivity index (χ3v) is 5.19. The number of anilines is 1. The molecule has 0 radical (unpaired) electrons. The van der Waals surface area contributed by atoms with Gasteiger partial charge in [-0.05, 0) is 44.2 Å². The van der Waals surface area contributed by atoms with Gasteiger partial charge in [-0.15, -0.1) is 0 Å². The van der Waals surface area contributed by atoms with Gasteiger partial charge < -0.3 is 15.0 Å². The van der Waals surface area contributed by atoms with E-state index in [1.165, 1.54) is 6.42 Å². The number of ether oxygens (including phenoxy) is 1. The molecule has 1 saturated carbocycles. The molecule has 130 valence electrons. The average Bonchev–Trinajstić information content (AvgIpc) is 3.42. The first-order valence-corrected chi connectivity index (χ1v) is 8.90. The van der Waals surface area contributed by atoms with Crippen LogP contribution < -0.4 is 10.1 Å². The van der Waals surface area contributed by atoms with Crippen LogP contribution in [0.2, 0.25) is 0 Å². The lowest BCUT2D eigenvalue weighted by Gasteiger charge is -2.35. The summed E-state index contributed by atoms with van der Waals surface area (Å²) in [5.74, 6) is 0.370. The highest BCUT2D eigenvalue weighted by Gasteiger charge is 2.50. The van der Waals surface area contributed by atoms with Crippen LogP contribution in [0.15, 0.2) is 24.3 Å². The molecule has 5 nitrogen and oxygen atoms in total. The SMILES string of the molecule is CCC1CCCCN1C(=O)C1CC1C(=O)Nc1ccccc1OC. The van der Waals surface area contributed by atoms with Crippen molar-refractivity contribution in [1.82, 2.24) is 4.90 Å². The van der Waals surface area contributed by atoms with E-state index in [4.69, 9.17) is 4.74 Å². The van der Waals surface area contributed by atoms with Crippen molar-refractivity contribution in [3.63, 3.8) is 0 Å². The Morgan fingerprint density at radius 1 is 1.25 bits per heavy atom. The fourth-order valence-electron chi connectivity index (χ4n) is 3.66. The molecule has 3 unspecified atom stereocenters. The lowest BCUT2D eigenvalue weighted by molar-refractivity contribution is -0.137. The van der Waals surface area contributed by atoms with Crippen molar-refractivity contribution in [3.05, 3.63) is 24.3 Å². The molecule has 1 aromatic rings. The second kappa shape index (κ2) is 7.24. The summed E-state index contributed by atoms with van der Waals surface area (Å²) in [7, 11) is 1.58. The standard InChI is InChI=1S/C19H26N2O3/c1-3-13-8-6-7-11-21(13)19(23)15-12-14(15)18(22)20-16-9-4-5-10-17(16)24-2/h4-5,9-10,13-15H,3,6-8,11-12H2,1-2H3,(H,20,22). The third-order valence-electron chi connectivity index (χ3n) is 5.19. The highest BCUT2D eigenvalue weighted by molar-refractivity contribution is 6.00. The number of carbonyl (C=O) groups is 2.